The summed E-state index contributed by atoms with van der Waals surface area (Å²) in [6.45, 7) is 5.56. The molecule has 100 valence electrons. The Bertz CT molecular complexity index is 429. The SMILES string of the molecule is CCN(C)C(=O)c1sc(N2CCOCC2)nc1N. The van der Waals surface area contributed by atoms with Crippen molar-refractivity contribution in [1.82, 2.24) is 9.88 Å². The van der Waals surface area contributed by atoms with Crippen LogP contribution in [0.15, 0.2) is 0 Å². The van der Waals surface area contributed by atoms with Crippen molar-refractivity contribution in [2.45, 2.75) is 6.92 Å². The predicted octanol–water partition coefficient (Wildman–Crippen LogP) is 0.654. The first-order chi connectivity index (χ1) is 8.63. The van der Waals surface area contributed by atoms with E-state index in [-0.39, 0.29) is 5.91 Å². The Morgan fingerprint density at radius 2 is 2.22 bits per heavy atom. The second-order valence-electron chi connectivity index (χ2n) is 4.13. The van der Waals surface area contributed by atoms with Gasteiger partial charge in [0.15, 0.2) is 5.13 Å². The second-order valence-corrected chi connectivity index (χ2v) is 5.11. The lowest BCUT2D eigenvalue weighted by atomic mass is 10.4. The molecule has 0 bridgehead atoms. The molecule has 1 aliphatic rings. The molecule has 1 aromatic rings. The number of aromatic nitrogens is 1. The number of nitrogens with two attached hydrogens (primary N) is 1. The van der Waals surface area contributed by atoms with Gasteiger partial charge in [-0.1, -0.05) is 11.3 Å². The van der Waals surface area contributed by atoms with Crippen LogP contribution in [0.5, 0.6) is 0 Å². The molecule has 1 aliphatic heterocycles. The molecular formula is C11H18N4O2S. The van der Waals surface area contributed by atoms with Crippen LogP contribution in [0.3, 0.4) is 0 Å². The maximum atomic E-state index is 12.1. The van der Waals surface area contributed by atoms with Crippen molar-refractivity contribution in [3.05, 3.63) is 4.88 Å². The summed E-state index contributed by atoms with van der Waals surface area (Å²) in [6.07, 6.45) is 0. The first-order valence-electron chi connectivity index (χ1n) is 5.98. The van der Waals surface area contributed by atoms with E-state index in [1.165, 1.54) is 11.3 Å². The van der Waals surface area contributed by atoms with E-state index in [1.54, 1.807) is 11.9 Å². The number of carbonyl (C=O) groups is 1. The molecule has 2 rings (SSSR count). The van der Waals surface area contributed by atoms with Gasteiger partial charge in [-0.15, -0.1) is 0 Å². The van der Waals surface area contributed by atoms with Gasteiger partial charge in [0.05, 0.1) is 13.2 Å². The Balaban J connectivity index is 2.18. The molecule has 2 heterocycles. The van der Waals surface area contributed by atoms with Gasteiger partial charge in [0.2, 0.25) is 0 Å². The Morgan fingerprint density at radius 3 is 2.83 bits per heavy atom. The number of hydrogen-bond donors (Lipinski definition) is 1. The largest absolute Gasteiger partial charge is 0.382 e. The minimum atomic E-state index is -0.0630. The van der Waals surface area contributed by atoms with E-state index >= 15 is 0 Å². The smallest absolute Gasteiger partial charge is 0.267 e. The van der Waals surface area contributed by atoms with Crippen LogP contribution in [0.2, 0.25) is 0 Å². The summed E-state index contributed by atoms with van der Waals surface area (Å²) in [4.78, 5) is 20.6. The van der Waals surface area contributed by atoms with Crippen LogP contribution in [-0.2, 0) is 4.74 Å². The maximum absolute atomic E-state index is 12.1. The van der Waals surface area contributed by atoms with Crippen LogP contribution >= 0.6 is 11.3 Å². The summed E-state index contributed by atoms with van der Waals surface area (Å²) in [5.74, 6) is 0.263. The van der Waals surface area contributed by atoms with E-state index in [1.807, 2.05) is 6.92 Å². The number of rotatable bonds is 3. The number of amides is 1. The zero-order valence-corrected chi connectivity index (χ0v) is 11.5. The van der Waals surface area contributed by atoms with E-state index in [9.17, 15) is 4.79 Å². The molecule has 0 aliphatic carbocycles. The minimum Gasteiger partial charge on any atom is -0.382 e. The summed E-state index contributed by atoms with van der Waals surface area (Å²) < 4.78 is 5.29. The number of morpholine rings is 1. The highest BCUT2D eigenvalue weighted by molar-refractivity contribution is 7.18. The van der Waals surface area contributed by atoms with Crippen molar-refractivity contribution in [2.24, 2.45) is 0 Å². The third kappa shape index (κ3) is 2.56. The molecular weight excluding hydrogens is 252 g/mol. The molecule has 0 spiro atoms. The van der Waals surface area contributed by atoms with E-state index in [2.05, 4.69) is 9.88 Å². The molecule has 1 amide bonds. The van der Waals surface area contributed by atoms with Crippen molar-refractivity contribution in [1.29, 1.82) is 0 Å². The highest BCUT2D eigenvalue weighted by Crippen LogP contribution is 2.29. The van der Waals surface area contributed by atoms with Crippen molar-refractivity contribution in [3.8, 4) is 0 Å². The number of anilines is 2. The molecule has 2 N–H and O–H groups in total. The molecule has 6 nitrogen and oxygen atoms in total. The number of hydrogen-bond acceptors (Lipinski definition) is 6. The van der Waals surface area contributed by atoms with Gasteiger partial charge in [0.1, 0.15) is 10.7 Å². The molecule has 0 aromatic carbocycles. The van der Waals surface area contributed by atoms with Crippen LogP contribution in [-0.4, -0.2) is 55.7 Å². The second kappa shape index (κ2) is 5.53. The van der Waals surface area contributed by atoms with Crippen molar-refractivity contribution >= 4 is 28.2 Å². The number of nitrogens with zero attached hydrogens (tertiary/aromatic N) is 3. The summed E-state index contributed by atoms with van der Waals surface area (Å²) >= 11 is 1.36. The van der Waals surface area contributed by atoms with Gasteiger partial charge in [-0.05, 0) is 6.92 Å². The summed E-state index contributed by atoms with van der Waals surface area (Å²) in [5.41, 5.74) is 5.84. The van der Waals surface area contributed by atoms with Gasteiger partial charge in [-0.2, -0.15) is 0 Å². The van der Waals surface area contributed by atoms with Crippen LogP contribution in [0.25, 0.3) is 0 Å². The number of carbonyl (C=O) groups excluding carboxylic acids is 1. The Hall–Kier alpha value is -1.34. The first-order valence-corrected chi connectivity index (χ1v) is 6.79. The zero-order valence-electron chi connectivity index (χ0n) is 10.7. The lowest BCUT2D eigenvalue weighted by Gasteiger charge is -2.25. The lowest BCUT2D eigenvalue weighted by Crippen LogP contribution is -2.36. The van der Waals surface area contributed by atoms with Crippen LogP contribution < -0.4 is 10.6 Å². The first kappa shape index (κ1) is 13.1. The molecule has 0 atom stereocenters. The number of nitrogen functional groups attached to an aromatic ring is 1. The quantitative estimate of drug-likeness (QED) is 0.873. The number of ether oxygens (including phenoxy) is 1. The predicted molar refractivity (Wildman–Crippen MR) is 72.2 cm³/mol. The third-order valence-electron chi connectivity index (χ3n) is 2.94. The molecule has 18 heavy (non-hydrogen) atoms. The summed E-state index contributed by atoms with van der Waals surface area (Å²) in [5, 5.41) is 0.809. The molecule has 0 radical (unpaired) electrons. The maximum Gasteiger partial charge on any atom is 0.267 e. The van der Waals surface area contributed by atoms with E-state index in [0.717, 1.165) is 18.2 Å². The van der Waals surface area contributed by atoms with Gasteiger partial charge in [-0.3, -0.25) is 4.79 Å². The molecule has 1 fully saturated rings. The fourth-order valence-corrected chi connectivity index (χ4v) is 2.71. The van der Waals surface area contributed by atoms with E-state index in [4.69, 9.17) is 10.5 Å². The Morgan fingerprint density at radius 1 is 1.56 bits per heavy atom. The monoisotopic (exact) mass is 270 g/mol. The lowest BCUT2D eigenvalue weighted by molar-refractivity contribution is 0.0808. The highest BCUT2D eigenvalue weighted by atomic mass is 32.1. The fourth-order valence-electron chi connectivity index (χ4n) is 1.68. The molecule has 1 aromatic heterocycles. The molecule has 7 heteroatoms. The van der Waals surface area contributed by atoms with Gasteiger partial charge < -0.3 is 20.3 Å². The van der Waals surface area contributed by atoms with Crippen molar-refractivity contribution in [2.75, 3.05) is 50.5 Å². The van der Waals surface area contributed by atoms with Crippen LogP contribution in [0.1, 0.15) is 16.6 Å². The van der Waals surface area contributed by atoms with Gasteiger partial charge in [0, 0.05) is 26.7 Å². The zero-order chi connectivity index (χ0) is 13.1. The van der Waals surface area contributed by atoms with Gasteiger partial charge >= 0.3 is 0 Å². The standard InChI is InChI=1S/C11H18N4O2S/c1-3-14(2)10(16)8-9(12)13-11(18-8)15-4-6-17-7-5-15/h3-7,12H2,1-2H3. The number of thiazole rings is 1. The third-order valence-corrected chi connectivity index (χ3v) is 4.06. The Kier molecular flexibility index (Phi) is 4.03. The molecule has 0 saturated carbocycles. The topological polar surface area (TPSA) is 71.7 Å². The van der Waals surface area contributed by atoms with Crippen molar-refractivity contribution in [3.63, 3.8) is 0 Å². The average Bonchev–Trinajstić information content (AvgIpc) is 2.80. The van der Waals surface area contributed by atoms with Gasteiger partial charge in [-0.25, -0.2) is 4.98 Å². The fraction of sp³-hybridized carbons (Fsp3) is 0.636. The minimum absolute atomic E-state index is 0.0630. The molecule has 1 saturated heterocycles. The van der Waals surface area contributed by atoms with Crippen molar-refractivity contribution < 1.29 is 9.53 Å². The van der Waals surface area contributed by atoms with E-state index < -0.39 is 0 Å². The Labute approximate surface area is 110 Å². The normalized spacial score (nSPS) is 15.8. The van der Waals surface area contributed by atoms with Crippen LogP contribution in [0.4, 0.5) is 10.9 Å². The van der Waals surface area contributed by atoms with E-state index in [0.29, 0.717) is 30.5 Å². The summed E-state index contributed by atoms with van der Waals surface area (Å²) in [7, 11) is 1.76. The highest BCUT2D eigenvalue weighted by Gasteiger charge is 2.22. The van der Waals surface area contributed by atoms with Crippen LogP contribution in [0, 0.1) is 0 Å². The average molecular weight is 270 g/mol. The summed E-state index contributed by atoms with van der Waals surface area (Å²) in [6, 6.07) is 0. The molecule has 0 unspecified atom stereocenters. The van der Waals surface area contributed by atoms with Gasteiger partial charge in [0.25, 0.3) is 5.91 Å².